The maximum Gasteiger partial charge on any atom is 0.0771 e. The van der Waals surface area contributed by atoms with E-state index in [4.69, 9.17) is 6.42 Å². The highest BCUT2D eigenvalue weighted by atomic mass is 15.2. The summed E-state index contributed by atoms with van der Waals surface area (Å²) < 4.78 is 0. The summed E-state index contributed by atoms with van der Waals surface area (Å²) in [6, 6.07) is 6.50. The lowest BCUT2D eigenvalue weighted by molar-refractivity contribution is 0.171. The van der Waals surface area contributed by atoms with Gasteiger partial charge in [0, 0.05) is 13.1 Å². The first-order chi connectivity index (χ1) is 7.04. The van der Waals surface area contributed by atoms with Gasteiger partial charge >= 0.3 is 0 Å². The lowest BCUT2D eigenvalue weighted by Gasteiger charge is -2.30. The molecule has 0 atom stereocenters. The fourth-order valence-electron chi connectivity index (χ4n) is 2.08. The Hall–Kier alpha value is -1.26. The van der Waals surface area contributed by atoms with E-state index in [2.05, 4.69) is 49.8 Å². The van der Waals surface area contributed by atoms with Crippen LogP contribution in [0.4, 0.5) is 0 Å². The quantitative estimate of drug-likeness (QED) is 0.629. The molecule has 0 fully saturated rings. The van der Waals surface area contributed by atoms with Gasteiger partial charge in [0.15, 0.2) is 0 Å². The van der Waals surface area contributed by atoms with E-state index < -0.39 is 0 Å². The highest BCUT2D eigenvalue weighted by molar-refractivity contribution is 5.38. The molecular weight excluding hydrogens is 182 g/mol. The van der Waals surface area contributed by atoms with Gasteiger partial charge in [-0.3, -0.25) is 4.90 Å². The Labute approximate surface area is 92.1 Å². The van der Waals surface area contributed by atoms with E-state index >= 15 is 0 Å². The Morgan fingerprint density at radius 3 is 2.67 bits per heavy atom. The highest BCUT2D eigenvalue weighted by Gasteiger charge is 2.30. The van der Waals surface area contributed by atoms with Gasteiger partial charge in [-0.1, -0.05) is 24.1 Å². The van der Waals surface area contributed by atoms with Crippen LogP contribution in [0.15, 0.2) is 18.2 Å². The summed E-state index contributed by atoms with van der Waals surface area (Å²) in [5, 5.41) is 0. The van der Waals surface area contributed by atoms with E-state index in [-0.39, 0.29) is 5.54 Å². The Balaban J connectivity index is 2.31. The fraction of sp³-hybridized carbons (Fsp3) is 0.429. The molecule has 0 saturated heterocycles. The molecule has 0 N–H and O–H groups in total. The second-order valence-corrected chi connectivity index (χ2v) is 4.77. The van der Waals surface area contributed by atoms with Crippen LogP contribution in [-0.4, -0.2) is 10.4 Å². The van der Waals surface area contributed by atoms with Crippen molar-refractivity contribution in [3.63, 3.8) is 0 Å². The Kier molecular flexibility index (Phi) is 2.32. The molecule has 1 aliphatic rings. The zero-order valence-corrected chi connectivity index (χ0v) is 9.67. The monoisotopic (exact) mass is 199 g/mol. The molecule has 0 bridgehead atoms. The van der Waals surface area contributed by atoms with E-state index in [1.54, 1.807) is 0 Å². The van der Waals surface area contributed by atoms with Crippen molar-refractivity contribution in [2.45, 2.75) is 39.4 Å². The molecule has 0 amide bonds. The molecule has 15 heavy (non-hydrogen) atoms. The first kappa shape index (κ1) is 10.3. The van der Waals surface area contributed by atoms with Crippen molar-refractivity contribution in [3.8, 4) is 12.3 Å². The van der Waals surface area contributed by atoms with Crippen molar-refractivity contribution in [2.75, 3.05) is 0 Å². The molecule has 0 unspecified atom stereocenters. The Morgan fingerprint density at radius 2 is 2.07 bits per heavy atom. The largest absolute Gasteiger partial charge is 0.279 e. The third kappa shape index (κ3) is 1.66. The minimum atomic E-state index is -0.147. The molecule has 2 rings (SSSR count). The Bertz CT molecular complexity index is 423. The molecule has 0 aromatic heterocycles. The molecule has 1 heterocycles. The van der Waals surface area contributed by atoms with Crippen molar-refractivity contribution in [1.82, 2.24) is 4.90 Å². The van der Waals surface area contributed by atoms with Crippen LogP contribution in [0, 0.1) is 19.3 Å². The molecule has 1 aromatic carbocycles. The average Bonchev–Trinajstić information content (AvgIpc) is 2.64. The van der Waals surface area contributed by atoms with Crippen molar-refractivity contribution in [3.05, 3.63) is 34.9 Å². The molecule has 0 spiro atoms. The maximum absolute atomic E-state index is 5.57. The molecule has 0 aliphatic carbocycles. The molecule has 78 valence electrons. The molecular formula is C14H17N. The van der Waals surface area contributed by atoms with Crippen molar-refractivity contribution < 1.29 is 0 Å². The van der Waals surface area contributed by atoms with Crippen LogP contribution in [-0.2, 0) is 13.1 Å². The van der Waals surface area contributed by atoms with Gasteiger partial charge in [0.25, 0.3) is 0 Å². The second-order valence-electron chi connectivity index (χ2n) is 4.77. The average molecular weight is 199 g/mol. The summed E-state index contributed by atoms with van der Waals surface area (Å²) in [6.07, 6.45) is 5.57. The van der Waals surface area contributed by atoms with Crippen LogP contribution >= 0.6 is 0 Å². The third-order valence-corrected chi connectivity index (χ3v) is 3.36. The number of aryl methyl sites for hydroxylation is 1. The maximum atomic E-state index is 5.57. The van der Waals surface area contributed by atoms with Gasteiger partial charge in [0.1, 0.15) is 0 Å². The number of fused-ring (bicyclic) bond motifs is 1. The molecule has 0 saturated carbocycles. The third-order valence-electron chi connectivity index (χ3n) is 3.36. The summed E-state index contributed by atoms with van der Waals surface area (Å²) in [7, 11) is 0. The predicted octanol–water partition coefficient (Wildman–Crippen LogP) is 2.72. The summed E-state index contributed by atoms with van der Waals surface area (Å²) >= 11 is 0. The summed E-state index contributed by atoms with van der Waals surface area (Å²) in [5.41, 5.74) is 4.12. The first-order valence-electron chi connectivity index (χ1n) is 5.35. The second kappa shape index (κ2) is 3.40. The van der Waals surface area contributed by atoms with Crippen molar-refractivity contribution in [2.24, 2.45) is 0 Å². The molecule has 1 aromatic rings. The van der Waals surface area contributed by atoms with E-state index in [1.165, 1.54) is 16.7 Å². The number of hydrogen-bond acceptors (Lipinski definition) is 1. The first-order valence-corrected chi connectivity index (χ1v) is 5.35. The number of rotatable bonds is 1. The summed E-state index contributed by atoms with van der Waals surface area (Å²) in [6.45, 7) is 8.35. The van der Waals surface area contributed by atoms with E-state index in [0.29, 0.717) is 0 Å². The van der Waals surface area contributed by atoms with Gasteiger partial charge in [-0.15, -0.1) is 6.42 Å². The van der Waals surface area contributed by atoms with Crippen molar-refractivity contribution >= 4 is 0 Å². The normalized spacial score (nSPS) is 16.1. The van der Waals surface area contributed by atoms with Crippen molar-refractivity contribution in [1.29, 1.82) is 0 Å². The van der Waals surface area contributed by atoms with E-state index in [1.807, 2.05) is 0 Å². The van der Waals surface area contributed by atoms with Gasteiger partial charge < -0.3 is 0 Å². The van der Waals surface area contributed by atoms with Gasteiger partial charge in [-0.2, -0.15) is 0 Å². The van der Waals surface area contributed by atoms with Gasteiger partial charge in [0.2, 0.25) is 0 Å². The molecule has 1 aliphatic heterocycles. The van der Waals surface area contributed by atoms with Gasteiger partial charge in [-0.05, 0) is 37.5 Å². The number of benzene rings is 1. The van der Waals surface area contributed by atoms with Crippen LogP contribution in [0.2, 0.25) is 0 Å². The molecule has 1 heteroatoms. The van der Waals surface area contributed by atoms with E-state index in [0.717, 1.165) is 13.1 Å². The minimum absolute atomic E-state index is 0.147. The van der Waals surface area contributed by atoms with E-state index in [9.17, 15) is 0 Å². The lowest BCUT2D eigenvalue weighted by atomic mass is 10.0. The number of terminal acetylenes is 1. The number of hydrogen-bond donors (Lipinski definition) is 0. The highest BCUT2D eigenvalue weighted by Crippen LogP contribution is 2.30. The molecule has 1 nitrogen and oxygen atoms in total. The summed E-state index contributed by atoms with van der Waals surface area (Å²) in [5.74, 6) is 2.86. The van der Waals surface area contributed by atoms with Crippen LogP contribution in [0.5, 0.6) is 0 Å². The Morgan fingerprint density at radius 1 is 1.33 bits per heavy atom. The van der Waals surface area contributed by atoms with Gasteiger partial charge in [-0.25, -0.2) is 0 Å². The topological polar surface area (TPSA) is 3.24 Å². The summed E-state index contributed by atoms with van der Waals surface area (Å²) in [4.78, 5) is 2.35. The SMILES string of the molecule is C#CC(C)(C)N1Cc2cccc(C)c2C1. The van der Waals surface area contributed by atoms with Gasteiger partial charge in [0.05, 0.1) is 5.54 Å². The number of nitrogens with zero attached hydrogens (tertiary/aromatic N) is 1. The fourth-order valence-corrected chi connectivity index (χ4v) is 2.08. The minimum Gasteiger partial charge on any atom is -0.279 e. The van der Waals surface area contributed by atoms with Crippen LogP contribution in [0.3, 0.4) is 0 Å². The molecule has 0 radical (unpaired) electrons. The van der Waals surface area contributed by atoms with Crippen LogP contribution in [0.25, 0.3) is 0 Å². The predicted molar refractivity (Wildman–Crippen MR) is 63.3 cm³/mol. The van der Waals surface area contributed by atoms with Crippen LogP contribution in [0.1, 0.15) is 30.5 Å². The zero-order valence-electron chi connectivity index (χ0n) is 9.67. The smallest absolute Gasteiger partial charge is 0.0771 e. The standard InChI is InChI=1S/C14H17N/c1-5-14(3,4)15-9-12-8-6-7-11(2)13(12)10-15/h1,6-8H,9-10H2,2-4H3. The lowest BCUT2D eigenvalue weighted by Crippen LogP contribution is -2.38. The van der Waals surface area contributed by atoms with Crippen LogP contribution < -0.4 is 0 Å². The zero-order chi connectivity index (χ0) is 11.1.